The smallest absolute Gasteiger partial charge is 0.239 e. The first-order valence-corrected chi connectivity index (χ1v) is 10.5. The molecule has 27 heavy (non-hydrogen) atoms. The second-order valence-corrected chi connectivity index (χ2v) is 8.50. The summed E-state index contributed by atoms with van der Waals surface area (Å²) < 4.78 is 31.3. The quantitative estimate of drug-likeness (QED) is 0.762. The lowest BCUT2D eigenvalue weighted by Crippen LogP contribution is -2.36. The average Bonchev–Trinajstić information content (AvgIpc) is 3.20. The molecule has 2 N–H and O–H groups in total. The van der Waals surface area contributed by atoms with Crippen molar-refractivity contribution in [3.63, 3.8) is 0 Å². The van der Waals surface area contributed by atoms with Crippen LogP contribution in [0, 0.1) is 0 Å². The molecule has 0 aromatic heterocycles. The average molecular weight is 388 g/mol. The van der Waals surface area contributed by atoms with Gasteiger partial charge in [-0.25, -0.2) is 8.42 Å². The molecule has 0 radical (unpaired) electrons. The molecule has 1 fully saturated rings. The first-order chi connectivity index (χ1) is 13.0. The van der Waals surface area contributed by atoms with Crippen molar-refractivity contribution in [3.8, 4) is 5.75 Å². The predicted octanol–water partition coefficient (Wildman–Crippen LogP) is 3.00. The number of rotatable bonds is 7. The highest BCUT2D eigenvalue weighted by Gasteiger charge is 2.23. The van der Waals surface area contributed by atoms with Gasteiger partial charge in [0.05, 0.1) is 29.1 Å². The van der Waals surface area contributed by atoms with Gasteiger partial charge in [-0.2, -0.15) is 0 Å². The molecule has 0 spiro atoms. The number of nitrogens with one attached hydrogen (secondary N) is 2. The monoisotopic (exact) mass is 388 g/mol. The molecule has 1 aliphatic rings. The minimum absolute atomic E-state index is 0.0140. The van der Waals surface area contributed by atoms with Gasteiger partial charge in [-0.05, 0) is 37.1 Å². The van der Waals surface area contributed by atoms with Crippen molar-refractivity contribution in [2.75, 3.05) is 19.0 Å². The van der Waals surface area contributed by atoms with Gasteiger partial charge in [-0.15, -0.1) is 0 Å². The zero-order valence-corrected chi connectivity index (χ0v) is 16.1. The van der Waals surface area contributed by atoms with Gasteiger partial charge in [0.1, 0.15) is 5.75 Å². The molecule has 6 nitrogen and oxygen atoms in total. The Kier molecular flexibility index (Phi) is 6.01. The number of methoxy groups -OCH3 is 1. The number of amides is 1. The SMILES string of the molecule is COc1ccc(NCC(=O)NC2CCCC2)c(S(=O)(=O)c2ccccc2)c1. The maximum atomic E-state index is 13.1. The van der Waals surface area contributed by atoms with Crippen molar-refractivity contribution in [1.29, 1.82) is 0 Å². The van der Waals surface area contributed by atoms with Gasteiger partial charge in [0.2, 0.25) is 15.7 Å². The van der Waals surface area contributed by atoms with Gasteiger partial charge < -0.3 is 15.4 Å². The molecule has 0 unspecified atom stereocenters. The number of hydrogen-bond acceptors (Lipinski definition) is 5. The van der Waals surface area contributed by atoms with E-state index in [4.69, 9.17) is 4.74 Å². The number of sulfone groups is 1. The maximum Gasteiger partial charge on any atom is 0.239 e. The molecule has 2 aromatic carbocycles. The van der Waals surface area contributed by atoms with Gasteiger partial charge in [0.25, 0.3) is 0 Å². The number of ether oxygens (including phenoxy) is 1. The van der Waals surface area contributed by atoms with Crippen LogP contribution in [0.4, 0.5) is 5.69 Å². The number of anilines is 1. The summed E-state index contributed by atoms with van der Waals surface area (Å²) in [6, 6.07) is 13.2. The normalized spacial score (nSPS) is 14.7. The Morgan fingerprint density at radius 1 is 1.11 bits per heavy atom. The second kappa shape index (κ2) is 8.43. The van der Waals surface area contributed by atoms with Gasteiger partial charge in [0.15, 0.2) is 0 Å². The van der Waals surface area contributed by atoms with Crippen LogP contribution in [0.15, 0.2) is 58.3 Å². The number of carbonyl (C=O) groups excluding carboxylic acids is 1. The Morgan fingerprint density at radius 2 is 1.81 bits per heavy atom. The third-order valence-corrected chi connectivity index (χ3v) is 6.50. The second-order valence-electron chi connectivity index (χ2n) is 6.58. The van der Waals surface area contributed by atoms with Crippen LogP contribution < -0.4 is 15.4 Å². The molecule has 7 heteroatoms. The van der Waals surface area contributed by atoms with Gasteiger partial charge in [0, 0.05) is 12.1 Å². The van der Waals surface area contributed by atoms with E-state index in [9.17, 15) is 13.2 Å². The van der Waals surface area contributed by atoms with Gasteiger partial charge in [-0.3, -0.25) is 4.79 Å². The number of carbonyl (C=O) groups is 1. The van der Waals surface area contributed by atoms with Crippen molar-refractivity contribution >= 4 is 21.4 Å². The van der Waals surface area contributed by atoms with Crippen LogP contribution in [0.5, 0.6) is 5.75 Å². The first-order valence-electron chi connectivity index (χ1n) is 9.02. The van der Waals surface area contributed by atoms with E-state index in [2.05, 4.69) is 10.6 Å². The highest BCUT2D eigenvalue weighted by molar-refractivity contribution is 7.91. The number of hydrogen-bond donors (Lipinski definition) is 2. The Balaban J connectivity index is 1.82. The van der Waals surface area contributed by atoms with Gasteiger partial charge in [-0.1, -0.05) is 31.0 Å². The van der Waals surface area contributed by atoms with Crippen LogP contribution in [0.2, 0.25) is 0 Å². The highest BCUT2D eigenvalue weighted by atomic mass is 32.2. The minimum Gasteiger partial charge on any atom is -0.497 e. The van der Waals surface area contributed by atoms with Crippen LogP contribution >= 0.6 is 0 Å². The molecule has 1 saturated carbocycles. The fourth-order valence-electron chi connectivity index (χ4n) is 3.25. The fourth-order valence-corrected chi connectivity index (χ4v) is 4.72. The van der Waals surface area contributed by atoms with Crippen LogP contribution in [-0.4, -0.2) is 34.0 Å². The van der Waals surface area contributed by atoms with E-state index >= 15 is 0 Å². The van der Waals surface area contributed by atoms with Crippen LogP contribution in [0.1, 0.15) is 25.7 Å². The lowest BCUT2D eigenvalue weighted by molar-refractivity contribution is -0.120. The van der Waals surface area contributed by atoms with Crippen molar-refractivity contribution < 1.29 is 17.9 Å². The van der Waals surface area contributed by atoms with E-state index in [0.717, 1.165) is 25.7 Å². The van der Waals surface area contributed by atoms with Gasteiger partial charge >= 0.3 is 0 Å². The highest BCUT2D eigenvalue weighted by Crippen LogP contribution is 2.31. The lowest BCUT2D eigenvalue weighted by atomic mass is 10.2. The molecule has 2 aromatic rings. The Hall–Kier alpha value is -2.54. The summed E-state index contributed by atoms with van der Waals surface area (Å²) in [7, 11) is -2.26. The summed E-state index contributed by atoms with van der Waals surface area (Å²) in [6.45, 7) is 0.0140. The lowest BCUT2D eigenvalue weighted by Gasteiger charge is -2.16. The van der Waals surface area contributed by atoms with Crippen LogP contribution in [0.25, 0.3) is 0 Å². The van der Waals surface area contributed by atoms with E-state index < -0.39 is 9.84 Å². The topological polar surface area (TPSA) is 84.5 Å². The molecule has 1 amide bonds. The maximum absolute atomic E-state index is 13.1. The molecular weight excluding hydrogens is 364 g/mol. The Morgan fingerprint density at radius 3 is 2.48 bits per heavy atom. The standard InChI is InChI=1S/C20H24N2O4S/c1-26-16-11-12-18(21-14-20(23)22-15-7-5-6-8-15)19(13-16)27(24,25)17-9-3-2-4-10-17/h2-4,9-13,15,21H,5-8,14H2,1H3,(H,22,23). The third kappa shape index (κ3) is 4.60. The van der Waals surface area contributed by atoms with E-state index in [-0.39, 0.29) is 28.3 Å². The molecule has 144 valence electrons. The zero-order valence-electron chi connectivity index (χ0n) is 15.3. The summed E-state index contributed by atoms with van der Waals surface area (Å²) in [4.78, 5) is 12.5. The summed E-state index contributed by atoms with van der Waals surface area (Å²) >= 11 is 0. The van der Waals surface area contributed by atoms with Crippen molar-refractivity contribution in [3.05, 3.63) is 48.5 Å². The summed E-state index contributed by atoms with van der Waals surface area (Å²) in [5.41, 5.74) is 0.376. The van der Waals surface area contributed by atoms with Crippen molar-refractivity contribution in [1.82, 2.24) is 5.32 Å². The molecule has 0 saturated heterocycles. The minimum atomic E-state index is -3.75. The van der Waals surface area contributed by atoms with Crippen LogP contribution in [-0.2, 0) is 14.6 Å². The van der Waals surface area contributed by atoms with Crippen molar-refractivity contribution in [2.24, 2.45) is 0 Å². The Bertz CT molecular complexity index is 891. The zero-order chi connectivity index (χ0) is 19.3. The van der Waals surface area contributed by atoms with E-state index in [0.29, 0.717) is 11.4 Å². The predicted molar refractivity (Wildman–Crippen MR) is 104 cm³/mol. The van der Waals surface area contributed by atoms with Crippen LogP contribution in [0.3, 0.4) is 0 Å². The van der Waals surface area contributed by atoms with Crippen molar-refractivity contribution in [2.45, 2.75) is 41.5 Å². The molecule has 1 aliphatic carbocycles. The fraction of sp³-hybridized carbons (Fsp3) is 0.350. The molecular formula is C20H24N2O4S. The van der Waals surface area contributed by atoms with E-state index in [1.54, 1.807) is 42.5 Å². The molecule has 3 rings (SSSR count). The third-order valence-electron chi connectivity index (χ3n) is 4.69. The number of benzene rings is 2. The first kappa shape index (κ1) is 19.2. The molecule has 0 heterocycles. The summed E-state index contributed by atoms with van der Waals surface area (Å²) in [6.07, 6.45) is 4.27. The summed E-state index contributed by atoms with van der Waals surface area (Å²) in [5, 5.41) is 5.95. The summed E-state index contributed by atoms with van der Waals surface area (Å²) in [5.74, 6) is 0.297. The Labute approximate surface area is 159 Å². The van der Waals surface area contributed by atoms with E-state index in [1.807, 2.05) is 0 Å². The molecule has 0 aliphatic heterocycles. The van der Waals surface area contributed by atoms with E-state index in [1.165, 1.54) is 13.2 Å². The molecule has 0 atom stereocenters. The molecule has 0 bridgehead atoms. The largest absolute Gasteiger partial charge is 0.497 e.